The van der Waals surface area contributed by atoms with E-state index in [0.717, 1.165) is 44.9 Å². The van der Waals surface area contributed by atoms with E-state index in [9.17, 15) is 19.0 Å². The minimum atomic E-state index is -4.38. The highest BCUT2D eigenvalue weighted by Gasteiger charge is 2.27. The van der Waals surface area contributed by atoms with Crippen molar-refractivity contribution in [3.8, 4) is 0 Å². The van der Waals surface area contributed by atoms with Gasteiger partial charge in [0.25, 0.3) is 0 Å². The van der Waals surface area contributed by atoms with Crippen LogP contribution in [0, 0.1) is 0 Å². The van der Waals surface area contributed by atoms with Crippen molar-refractivity contribution < 1.29 is 42.1 Å². The van der Waals surface area contributed by atoms with E-state index < -0.39 is 26.5 Å². The quantitative estimate of drug-likeness (QED) is 0.0211. The number of quaternary nitrogens is 1. The molecule has 0 aromatic carbocycles. The van der Waals surface area contributed by atoms with Gasteiger partial charge in [-0.1, -0.05) is 301 Å². The molecule has 76 heavy (non-hydrogen) atoms. The third kappa shape index (κ3) is 61.7. The van der Waals surface area contributed by atoms with E-state index in [1.165, 1.54) is 263 Å². The van der Waals surface area contributed by atoms with Crippen LogP contribution in [0.15, 0.2) is 24.3 Å². The number of likely N-dealkylation sites (N-methyl/N-ethyl adjacent to an activating group) is 1. The zero-order valence-electron chi connectivity index (χ0n) is 51.3. The minimum Gasteiger partial charge on any atom is -0.462 e. The average molecular weight is 1100 g/mol. The third-order valence-electron chi connectivity index (χ3n) is 15.0. The summed E-state index contributed by atoms with van der Waals surface area (Å²) in [5.41, 5.74) is 0. The van der Waals surface area contributed by atoms with Gasteiger partial charge in [-0.05, 0) is 44.9 Å². The zero-order chi connectivity index (χ0) is 55.6. The van der Waals surface area contributed by atoms with Gasteiger partial charge in [-0.15, -0.1) is 0 Å². The van der Waals surface area contributed by atoms with Crippen molar-refractivity contribution >= 4 is 19.8 Å². The van der Waals surface area contributed by atoms with E-state index >= 15 is 0 Å². The van der Waals surface area contributed by atoms with Crippen LogP contribution in [0.5, 0.6) is 0 Å². The molecule has 0 aromatic rings. The first-order valence-electron chi connectivity index (χ1n) is 33.1. The Balaban J connectivity index is 3.94. The van der Waals surface area contributed by atoms with Crippen molar-refractivity contribution in [2.45, 2.75) is 341 Å². The van der Waals surface area contributed by atoms with Crippen LogP contribution in [0.3, 0.4) is 0 Å². The number of carbonyl (C=O) groups is 2. The Labute approximate surface area is 472 Å². The highest BCUT2D eigenvalue weighted by atomic mass is 31.2. The Morgan fingerprint density at radius 3 is 1.04 bits per heavy atom. The number of phosphoric ester groups is 1. The molecule has 0 aliphatic heterocycles. The number of nitrogens with zero attached hydrogens (tertiary/aromatic N) is 1. The molecule has 0 aliphatic carbocycles. The molecule has 0 radical (unpaired) electrons. The van der Waals surface area contributed by atoms with Gasteiger partial charge in [0.15, 0.2) is 6.10 Å². The number of allylic oxidation sites excluding steroid dienone is 4. The second-order valence-corrected chi connectivity index (χ2v) is 25.3. The zero-order valence-corrected chi connectivity index (χ0v) is 52.2. The molecule has 10 heteroatoms. The molecule has 0 saturated heterocycles. The van der Waals surface area contributed by atoms with Gasteiger partial charge in [0, 0.05) is 12.8 Å². The number of phosphoric acid groups is 1. The number of unbranched alkanes of at least 4 members (excludes halogenated alkanes) is 44. The molecule has 0 rings (SSSR count). The van der Waals surface area contributed by atoms with Crippen LogP contribution in [0.4, 0.5) is 0 Å². The van der Waals surface area contributed by atoms with Gasteiger partial charge < -0.3 is 18.9 Å². The van der Waals surface area contributed by atoms with Crippen LogP contribution in [0.2, 0.25) is 0 Å². The summed E-state index contributed by atoms with van der Waals surface area (Å²) in [6.07, 6.45) is 71.4. The van der Waals surface area contributed by atoms with Crippen molar-refractivity contribution in [1.82, 2.24) is 0 Å². The Morgan fingerprint density at radius 1 is 0.408 bits per heavy atom. The van der Waals surface area contributed by atoms with Gasteiger partial charge in [-0.2, -0.15) is 0 Å². The van der Waals surface area contributed by atoms with Crippen LogP contribution >= 0.6 is 7.82 Å². The van der Waals surface area contributed by atoms with Crippen molar-refractivity contribution in [1.29, 1.82) is 0 Å². The topological polar surface area (TPSA) is 108 Å². The van der Waals surface area contributed by atoms with E-state index in [2.05, 4.69) is 38.2 Å². The maximum atomic E-state index is 12.8. The van der Waals surface area contributed by atoms with Crippen molar-refractivity contribution in [3.05, 3.63) is 24.3 Å². The van der Waals surface area contributed by atoms with Crippen LogP contribution in [0.1, 0.15) is 335 Å². The number of rotatable bonds is 62. The van der Waals surface area contributed by atoms with Crippen molar-refractivity contribution in [3.63, 3.8) is 0 Å². The normalized spacial score (nSPS) is 13.3. The molecule has 0 fully saturated rings. The lowest BCUT2D eigenvalue weighted by molar-refractivity contribution is -0.870. The van der Waals surface area contributed by atoms with Crippen LogP contribution in [0.25, 0.3) is 0 Å². The molecule has 0 aliphatic rings. The molecule has 2 atom stereocenters. The largest absolute Gasteiger partial charge is 0.472 e. The van der Waals surface area contributed by atoms with Crippen LogP contribution in [-0.2, 0) is 32.7 Å². The smallest absolute Gasteiger partial charge is 0.462 e. The predicted octanol–water partition coefficient (Wildman–Crippen LogP) is 20.9. The number of hydrogen-bond acceptors (Lipinski definition) is 7. The fraction of sp³-hybridized carbons (Fsp3) is 0.909. The SMILES string of the molecule is CCCCCCC/C=C\C/C=C\CCCCCCCCCCCCCCCCCCCCCCCCCC(=O)OC(COC(=O)CCCCCCCCCCCCCCCCCCC)COP(=O)(O)OCC[N+](C)(C)C. The summed E-state index contributed by atoms with van der Waals surface area (Å²) < 4.78 is 34.7. The van der Waals surface area contributed by atoms with E-state index in [0.29, 0.717) is 17.4 Å². The first-order chi connectivity index (χ1) is 37.0. The fourth-order valence-electron chi connectivity index (χ4n) is 9.87. The van der Waals surface area contributed by atoms with E-state index in [1.807, 2.05) is 21.1 Å². The Morgan fingerprint density at radius 2 is 0.711 bits per heavy atom. The minimum absolute atomic E-state index is 0.0360. The lowest BCUT2D eigenvalue weighted by Crippen LogP contribution is -2.37. The monoisotopic (exact) mass is 1090 g/mol. The summed E-state index contributed by atoms with van der Waals surface area (Å²) in [6, 6.07) is 0. The van der Waals surface area contributed by atoms with Gasteiger partial charge in [0.1, 0.15) is 19.8 Å². The lowest BCUT2D eigenvalue weighted by atomic mass is 10.0. The van der Waals surface area contributed by atoms with Gasteiger partial charge in [-0.3, -0.25) is 18.6 Å². The summed E-state index contributed by atoms with van der Waals surface area (Å²) in [5.74, 6) is -0.775. The van der Waals surface area contributed by atoms with Crippen molar-refractivity contribution in [2.75, 3.05) is 47.5 Å². The summed E-state index contributed by atoms with van der Waals surface area (Å²) in [7, 11) is 1.50. The first-order valence-corrected chi connectivity index (χ1v) is 34.6. The molecule has 0 heterocycles. The standard InChI is InChI=1S/C66H128NO8P/c1-6-8-10-12-14-16-18-20-22-24-25-26-27-28-29-30-31-32-33-34-35-36-37-38-39-40-41-43-45-47-49-51-53-55-57-59-66(69)75-64(63-74-76(70,71)73-61-60-67(3,4)5)62-72-65(68)58-56-54-52-50-48-46-44-42-23-21-19-17-15-13-11-9-7-2/h18,20,24-25,64H,6-17,19,21-23,26-63H2,1-5H3/p+1/b20-18-,25-24-. The maximum Gasteiger partial charge on any atom is 0.472 e. The molecule has 9 nitrogen and oxygen atoms in total. The highest BCUT2D eigenvalue weighted by molar-refractivity contribution is 7.47. The average Bonchev–Trinajstić information content (AvgIpc) is 3.38. The van der Waals surface area contributed by atoms with Gasteiger partial charge in [0.2, 0.25) is 0 Å². The number of hydrogen-bond donors (Lipinski definition) is 1. The van der Waals surface area contributed by atoms with E-state index in [-0.39, 0.29) is 25.6 Å². The maximum absolute atomic E-state index is 12.8. The molecule has 0 bridgehead atoms. The van der Waals surface area contributed by atoms with Gasteiger partial charge in [-0.25, -0.2) is 4.57 Å². The number of esters is 2. The Hall–Kier alpha value is -1.51. The van der Waals surface area contributed by atoms with E-state index in [1.54, 1.807) is 0 Å². The van der Waals surface area contributed by atoms with Gasteiger partial charge >= 0.3 is 19.8 Å². The summed E-state index contributed by atoms with van der Waals surface area (Å²) in [6.45, 7) is 4.49. The molecular formula is C66H129NO8P+. The second-order valence-electron chi connectivity index (χ2n) is 23.9. The summed E-state index contributed by atoms with van der Waals surface area (Å²) in [4.78, 5) is 35.7. The fourth-order valence-corrected chi connectivity index (χ4v) is 10.6. The van der Waals surface area contributed by atoms with E-state index in [4.69, 9.17) is 18.5 Å². The molecule has 0 amide bonds. The lowest BCUT2D eigenvalue weighted by Gasteiger charge is -2.24. The molecule has 1 N–H and O–H groups in total. The summed E-state index contributed by atoms with van der Waals surface area (Å²) in [5, 5.41) is 0. The predicted molar refractivity (Wildman–Crippen MR) is 326 cm³/mol. The molecule has 0 spiro atoms. The Bertz CT molecular complexity index is 1330. The van der Waals surface area contributed by atoms with Crippen LogP contribution < -0.4 is 0 Å². The molecule has 450 valence electrons. The second kappa shape index (κ2) is 58.2. The molecule has 2 unspecified atom stereocenters. The number of ether oxygens (including phenoxy) is 2. The highest BCUT2D eigenvalue weighted by Crippen LogP contribution is 2.43. The number of carbonyl (C=O) groups excluding carboxylic acids is 2. The first kappa shape index (κ1) is 74.5. The molecule has 0 aromatic heterocycles. The molecular weight excluding hydrogens is 966 g/mol. The molecule has 0 saturated carbocycles. The van der Waals surface area contributed by atoms with Gasteiger partial charge in [0.05, 0.1) is 27.7 Å². The summed E-state index contributed by atoms with van der Waals surface area (Å²) >= 11 is 0. The third-order valence-corrected chi connectivity index (χ3v) is 16.0. The van der Waals surface area contributed by atoms with Crippen LogP contribution in [-0.4, -0.2) is 74.9 Å². The van der Waals surface area contributed by atoms with Crippen molar-refractivity contribution in [2.24, 2.45) is 0 Å². The Kier molecular flexibility index (Phi) is 57.0.